The Kier molecular flexibility index (Phi) is 6.32. The average Bonchev–Trinajstić information content (AvgIpc) is 3.13. The van der Waals surface area contributed by atoms with Gasteiger partial charge in [-0.25, -0.2) is 0 Å². The van der Waals surface area contributed by atoms with Crippen LogP contribution < -0.4 is 5.32 Å². The Labute approximate surface area is 166 Å². The average molecular weight is 400 g/mol. The van der Waals surface area contributed by atoms with Crippen LogP contribution >= 0.6 is 22.9 Å². The molecule has 0 bridgehead atoms. The Hall–Kier alpha value is -2.57. The predicted octanol–water partition coefficient (Wildman–Crippen LogP) is 5.02. The van der Waals surface area contributed by atoms with Crippen LogP contribution in [-0.4, -0.2) is 21.9 Å². The molecule has 0 aliphatic carbocycles. The lowest BCUT2D eigenvalue weighted by Gasteiger charge is -2.08. The summed E-state index contributed by atoms with van der Waals surface area (Å²) in [7, 11) is 0. The molecule has 3 rings (SSSR count). The third-order valence-corrected chi connectivity index (χ3v) is 5.10. The fourth-order valence-corrected chi connectivity index (χ4v) is 3.44. The number of hydrogen-bond acceptors (Lipinski definition) is 5. The second kappa shape index (κ2) is 8.88. The molecule has 0 spiro atoms. The van der Waals surface area contributed by atoms with Crippen molar-refractivity contribution in [2.45, 2.75) is 26.2 Å². The van der Waals surface area contributed by atoms with Crippen LogP contribution in [0.15, 0.2) is 48.5 Å². The van der Waals surface area contributed by atoms with Gasteiger partial charge >= 0.3 is 0 Å². The fourth-order valence-electron chi connectivity index (χ4n) is 2.53. The standard InChI is InChI=1S/C20H18ClN3O2S/c1-2-3-8-17-23-24-20(27-17)22-19(26)16-7-5-4-6-15(16)18(25)13-9-11-14(21)12-10-13/h4-7,9-12H,2-3,8H2,1H3,(H,22,24,26). The number of aromatic nitrogens is 2. The van der Waals surface area contributed by atoms with Crippen molar-refractivity contribution in [2.75, 3.05) is 5.32 Å². The van der Waals surface area contributed by atoms with Gasteiger partial charge in [-0.3, -0.25) is 14.9 Å². The molecule has 138 valence electrons. The maximum Gasteiger partial charge on any atom is 0.258 e. The van der Waals surface area contributed by atoms with Gasteiger partial charge in [0.1, 0.15) is 5.01 Å². The Bertz CT molecular complexity index is 954. The molecule has 2 aromatic carbocycles. The van der Waals surface area contributed by atoms with Gasteiger partial charge in [0.05, 0.1) is 5.56 Å². The highest BCUT2D eigenvalue weighted by atomic mass is 35.5. The third kappa shape index (κ3) is 4.78. The fraction of sp³-hybridized carbons (Fsp3) is 0.200. The number of halogens is 1. The number of benzene rings is 2. The first kappa shape index (κ1) is 19.2. The number of carbonyl (C=O) groups excluding carboxylic acids is 2. The van der Waals surface area contributed by atoms with E-state index >= 15 is 0 Å². The Balaban J connectivity index is 1.80. The molecule has 0 radical (unpaired) electrons. The molecule has 0 aliphatic heterocycles. The summed E-state index contributed by atoms with van der Waals surface area (Å²) in [5.74, 6) is -0.621. The van der Waals surface area contributed by atoms with Crippen LogP contribution in [0.25, 0.3) is 0 Å². The summed E-state index contributed by atoms with van der Waals surface area (Å²) in [5.41, 5.74) is 1.09. The summed E-state index contributed by atoms with van der Waals surface area (Å²) >= 11 is 7.24. The van der Waals surface area contributed by atoms with Crippen molar-refractivity contribution in [2.24, 2.45) is 0 Å². The molecule has 0 saturated heterocycles. The number of aryl methyl sites for hydroxylation is 1. The van der Waals surface area contributed by atoms with Crippen LogP contribution in [0.3, 0.4) is 0 Å². The van der Waals surface area contributed by atoms with Crippen LogP contribution in [0, 0.1) is 0 Å². The monoisotopic (exact) mass is 399 g/mol. The highest BCUT2D eigenvalue weighted by Gasteiger charge is 2.19. The molecule has 0 fully saturated rings. The molecule has 3 aromatic rings. The molecule has 1 amide bonds. The van der Waals surface area contributed by atoms with Crippen molar-refractivity contribution < 1.29 is 9.59 Å². The molecule has 1 N–H and O–H groups in total. The van der Waals surface area contributed by atoms with Crippen molar-refractivity contribution in [1.29, 1.82) is 0 Å². The number of ketones is 1. The lowest BCUT2D eigenvalue weighted by Crippen LogP contribution is -2.16. The number of nitrogens with zero attached hydrogens (tertiary/aromatic N) is 2. The number of anilines is 1. The summed E-state index contributed by atoms with van der Waals surface area (Å²) in [6.07, 6.45) is 2.94. The molecule has 0 unspecified atom stereocenters. The Morgan fingerprint density at radius 3 is 2.44 bits per heavy atom. The quantitative estimate of drug-likeness (QED) is 0.566. The minimum atomic E-state index is -0.383. The van der Waals surface area contributed by atoms with Gasteiger partial charge in [-0.1, -0.05) is 54.5 Å². The topological polar surface area (TPSA) is 72.0 Å². The van der Waals surface area contributed by atoms with Gasteiger partial charge < -0.3 is 0 Å². The lowest BCUT2D eigenvalue weighted by molar-refractivity contribution is 0.0996. The Morgan fingerprint density at radius 1 is 1.04 bits per heavy atom. The van der Waals surface area contributed by atoms with E-state index in [1.54, 1.807) is 48.5 Å². The number of hydrogen-bond donors (Lipinski definition) is 1. The second-order valence-electron chi connectivity index (χ2n) is 5.94. The van der Waals surface area contributed by atoms with Crippen LogP contribution in [0.1, 0.15) is 51.1 Å². The van der Waals surface area contributed by atoms with Crippen LogP contribution in [0.4, 0.5) is 5.13 Å². The van der Waals surface area contributed by atoms with Gasteiger partial charge in [-0.2, -0.15) is 0 Å². The zero-order chi connectivity index (χ0) is 19.2. The van der Waals surface area contributed by atoms with Crippen molar-refractivity contribution in [3.63, 3.8) is 0 Å². The van der Waals surface area contributed by atoms with Gasteiger partial charge in [0.2, 0.25) is 5.13 Å². The number of unbranched alkanes of at least 4 members (excludes halogenated alkanes) is 1. The van der Waals surface area contributed by atoms with E-state index in [1.807, 2.05) is 0 Å². The van der Waals surface area contributed by atoms with E-state index in [9.17, 15) is 9.59 Å². The van der Waals surface area contributed by atoms with E-state index in [0.717, 1.165) is 24.3 Å². The number of nitrogens with one attached hydrogen (secondary N) is 1. The van der Waals surface area contributed by atoms with E-state index in [2.05, 4.69) is 22.4 Å². The van der Waals surface area contributed by atoms with E-state index in [-0.39, 0.29) is 11.7 Å². The van der Waals surface area contributed by atoms with Gasteiger partial charge in [-0.05, 0) is 36.8 Å². The van der Waals surface area contributed by atoms with Crippen molar-refractivity contribution in [3.05, 3.63) is 75.3 Å². The predicted molar refractivity (Wildman–Crippen MR) is 108 cm³/mol. The summed E-state index contributed by atoms with van der Waals surface area (Å²) in [6, 6.07) is 13.3. The molecule has 7 heteroatoms. The molecular formula is C20H18ClN3O2S. The number of amides is 1. The zero-order valence-corrected chi connectivity index (χ0v) is 16.3. The second-order valence-corrected chi connectivity index (χ2v) is 7.44. The highest BCUT2D eigenvalue weighted by Crippen LogP contribution is 2.21. The first-order valence-corrected chi connectivity index (χ1v) is 9.81. The summed E-state index contributed by atoms with van der Waals surface area (Å²) in [6.45, 7) is 2.11. The molecular weight excluding hydrogens is 382 g/mol. The summed E-state index contributed by atoms with van der Waals surface area (Å²) in [5, 5.41) is 12.7. The highest BCUT2D eigenvalue weighted by molar-refractivity contribution is 7.15. The van der Waals surface area contributed by atoms with E-state index in [0.29, 0.717) is 26.8 Å². The smallest absolute Gasteiger partial charge is 0.258 e. The van der Waals surface area contributed by atoms with E-state index in [1.165, 1.54) is 11.3 Å². The largest absolute Gasteiger partial charge is 0.296 e. The van der Waals surface area contributed by atoms with Crippen molar-refractivity contribution in [1.82, 2.24) is 10.2 Å². The van der Waals surface area contributed by atoms with Gasteiger partial charge in [0.15, 0.2) is 5.78 Å². The van der Waals surface area contributed by atoms with Gasteiger partial charge in [0.25, 0.3) is 5.91 Å². The molecule has 5 nitrogen and oxygen atoms in total. The minimum Gasteiger partial charge on any atom is -0.296 e. The first-order valence-electron chi connectivity index (χ1n) is 8.61. The number of rotatable bonds is 7. The molecule has 27 heavy (non-hydrogen) atoms. The van der Waals surface area contributed by atoms with Crippen LogP contribution in [-0.2, 0) is 6.42 Å². The third-order valence-electron chi connectivity index (χ3n) is 3.95. The molecule has 1 aromatic heterocycles. The summed E-state index contributed by atoms with van der Waals surface area (Å²) in [4.78, 5) is 25.5. The lowest BCUT2D eigenvalue weighted by atomic mass is 9.98. The van der Waals surface area contributed by atoms with Crippen LogP contribution in [0.5, 0.6) is 0 Å². The van der Waals surface area contributed by atoms with Crippen molar-refractivity contribution in [3.8, 4) is 0 Å². The zero-order valence-electron chi connectivity index (χ0n) is 14.7. The van der Waals surface area contributed by atoms with Gasteiger partial charge in [-0.15, -0.1) is 10.2 Å². The van der Waals surface area contributed by atoms with Gasteiger partial charge in [0, 0.05) is 22.6 Å². The first-order chi connectivity index (χ1) is 13.1. The molecule has 1 heterocycles. The molecule has 0 atom stereocenters. The normalized spacial score (nSPS) is 10.6. The summed E-state index contributed by atoms with van der Waals surface area (Å²) < 4.78 is 0. The van der Waals surface area contributed by atoms with Crippen molar-refractivity contribution >= 4 is 39.8 Å². The number of carbonyl (C=O) groups is 2. The SMILES string of the molecule is CCCCc1nnc(NC(=O)c2ccccc2C(=O)c2ccc(Cl)cc2)s1. The molecule has 0 saturated carbocycles. The van der Waals surface area contributed by atoms with E-state index in [4.69, 9.17) is 11.6 Å². The molecule has 0 aliphatic rings. The van der Waals surface area contributed by atoms with E-state index < -0.39 is 0 Å². The Morgan fingerprint density at radius 2 is 1.74 bits per heavy atom. The van der Waals surface area contributed by atoms with Crippen LogP contribution in [0.2, 0.25) is 5.02 Å². The minimum absolute atomic E-state index is 0.238. The maximum atomic E-state index is 12.8. The maximum absolute atomic E-state index is 12.8.